The van der Waals surface area contributed by atoms with Crippen molar-refractivity contribution in [1.82, 2.24) is 9.97 Å². The van der Waals surface area contributed by atoms with E-state index in [0.29, 0.717) is 5.58 Å². The first-order valence-electron chi connectivity index (χ1n) is 12.4. The maximum absolute atomic E-state index is 10.0. The summed E-state index contributed by atoms with van der Waals surface area (Å²) in [4.78, 5) is 18.9. The van der Waals surface area contributed by atoms with Gasteiger partial charge < -0.3 is 9.52 Å². The largest absolute Gasteiger partial charge is 0.512 e. The van der Waals surface area contributed by atoms with Crippen molar-refractivity contribution in [3.63, 3.8) is 0 Å². The number of aryl methyl sites for hydroxylation is 4. The number of carbonyl (C=O) groups excluding carboxylic acids is 1. The topological polar surface area (TPSA) is 76.2 Å². The van der Waals surface area contributed by atoms with Crippen molar-refractivity contribution >= 4 is 16.9 Å². The molecule has 5 rings (SSSR count). The van der Waals surface area contributed by atoms with Crippen molar-refractivity contribution in [2.75, 3.05) is 0 Å². The molecule has 0 aliphatic heterocycles. The second-order valence-electron chi connectivity index (χ2n) is 9.54. The van der Waals surface area contributed by atoms with E-state index in [1.807, 2.05) is 13.0 Å². The number of carbonyl (C=O) groups is 1. The fourth-order valence-electron chi connectivity index (χ4n) is 4.58. The molecule has 0 unspecified atom stereocenters. The van der Waals surface area contributed by atoms with Gasteiger partial charge in [0.1, 0.15) is 23.2 Å². The number of benzene rings is 3. The second-order valence-corrected chi connectivity index (χ2v) is 9.54. The summed E-state index contributed by atoms with van der Waals surface area (Å²) < 4.78 is 6.27. The predicted octanol–water partition coefficient (Wildman–Crippen LogP) is 8.29. The van der Waals surface area contributed by atoms with Gasteiger partial charge in [0.2, 0.25) is 0 Å². The molecular formula is C33H31IrN2O3-. The van der Waals surface area contributed by atoms with Gasteiger partial charge in [-0.2, -0.15) is 0 Å². The van der Waals surface area contributed by atoms with Crippen molar-refractivity contribution in [2.24, 2.45) is 0 Å². The van der Waals surface area contributed by atoms with E-state index in [0.717, 1.165) is 33.7 Å². The Labute approximate surface area is 243 Å². The summed E-state index contributed by atoms with van der Waals surface area (Å²) in [5.74, 6) is 0.724. The fourth-order valence-corrected chi connectivity index (χ4v) is 4.58. The molecule has 0 saturated heterocycles. The van der Waals surface area contributed by atoms with E-state index >= 15 is 0 Å². The van der Waals surface area contributed by atoms with E-state index < -0.39 is 0 Å². The molecule has 0 aliphatic rings. The van der Waals surface area contributed by atoms with E-state index in [1.54, 1.807) is 6.33 Å². The summed E-state index contributed by atoms with van der Waals surface area (Å²) in [5, 5.41) is 8.36. The van der Waals surface area contributed by atoms with Crippen LogP contribution in [-0.2, 0) is 24.9 Å². The minimum absolute atomic E-state index is 0. The smallest absolute Gasteiger partial charge is 0.155 e. The Balaban J connectivity index is 0.000000468. The Morgan fingerprint density at radius 1 is 0.897 bits per heavy atom. The summed E-state index contributed by atoms with van der Waals surface area (Å²) in [6.07, 6.45) is 2.76. The Bertz CT molecular complexity index is 1610. The zero-order valence-corrected chi connectivity index (χ0v) is 25.3. The van der Waals surface area contributed by atoms with Crippen LogP contribution in [-0.4, -0.2) is 20.9 Å². The minimum Gasteiger partial charge on any atom is -0.512 e. The van der Waals surface area contributed by atoms with Crippen LogP contribution < -0.4 is 0 Å². The molecule has 6 heteroatoms. The van der Waals surface area contributed by atoms with Crippen molar-refractivity contribution < 1.29 is 34.4 Å². The van der Waals surface area contributed by atoms with Crippen LogP contribution in [0.2, 0.25) is 0 Å². The van der Waals surface area contributed by atoms with Gasteiger partial charge >= 0.3 is 0 Å². The molecule has 201 valence electrons. The molecule has 0 aliphatic carbocycles. The molecule has 3 aromatic carbocycles. The van der Waals surface area contributed by atoms with Crippen LogP contribution >= 0.6 is 0 Å². The molecular weight excluding hydrogens is 665 g/mol. The molecule has 5 nitrogen and oxygen atoms in total. The van der Waals surface area contributed by atoms with Gasteiger partial charge in [-0.05, 0) is 49.9 Å². The number of allylic oxidation sites excluding steroid dienone is 2. The van der Waals surface area contributed by atoms with Crippen molar-refractivity contribution in [2.45, 2.75) is 41.5 Å². The Kier molecular flexibility index (Phi) is 9.74. The molecule has 2 heterocycles. The Hall–Kier alpha value is -3.86. The number of hydrogen-bond acceptors (Lipinski definition) is 5. The van der Waals surface area contributed by atoms with Crippen LogP contribution in [0.25, 0.3) is 44.8 Å². The molecule has 39 heavy (non-hydrogen) atoms. The minimum atomic E-state index is -0.125. The first kappa shape index (κ1) is 29.7. The summed E-state index contributed by atoms with van der Waals surface area (Å²) >= 11 is 0. The zero-order valence-electron chi connectivity index (χ0n) is 22.9. The second kappa shape index (κ2) is 12.8. The first-order valence-corrected chi connectivity index (χ1v) is 12.4. The van der Waals surface area contributed by atoms with Gasteiger partial charge in [-0.3, -0.25) is 9.78 Å². The van der Waals surface area contributed by atoms with Gasteiger partial charge in [-0.25, -0.2) is 4.98 Å². The number of aromatic nitrogens is 2. The maximum atomic E-state index is 10.0. The molecule has 0 saturated carbocycles. The molecule has 1 radical (unpaired) electrons. The molecule has 5 aromatic rings. The third-order valence-corrected chi connectivity index (χ3v) is 6.07. The van der Waals surface area contributed by atoms with Gasteiger partial charge in [0.15, 0.2) is 5.78 Å². The molecule has 0 atom stereocenters. The third-order valence-electron chi connectivity index (χ3n) is 6.07. The maximum Gasteiger partial charge on any atom is 0.155 e. The third kappa shape index (κ3) is 7.17. The van der Waals surface area contributed by atoms with Gasteiger partial charge in [-0.15, -0.1) is 34.9 Å². The fraction of sp³-hybridized carbons (Fsp3) is 0.182. The molecule has 0 fully saturated rings. The Morgan fingerprint density at radius 2 is 1.54 bits per heavy atom. The average Bonchev–Trinajstić information content (AvgIpc) is 3.28. The summed E-state index contributed by atoms with van der Waals surface area (Å²) in [7, 11) is 0. The number of ketones is 1. The van der Waals surface area contributed by atoms with Gasteiger partial charge in [0.25, 0.3) is 0 Å². The SMILES string of the molecule is CC(=O)/C=C(/C)O.Cc1[c-]c(-c2ncnc3cc(-c4ccc(-c5c(C)cccc5C)cc4)oc23)cc(C)c1.[Ir]. The van der Waals surface area contributed by atoms with Crippen LogP contribution in [0, 0.1) is 33.8 Å². The number of aliphatic hydroxyl groups is 1. The first-order chi connectivity index (χ1) is 18.1. The monoisotopic (exact) mass is 696 g/mol. The number of furan rings is 1. The molecule has 2 aromatic heterocycles. The van der Waals surface area contributed by atoms with Crippen molar-refractivity contribution in [1.29, 1.82) is 0 Å². The normalized spacial score (nSPS) is 11.0. The van der Waals surface area contributed by atoms with Gasteiger partial charge in [0, 0.05) is 43.5 Å². The van der Waals surface area contributed by atoms with Crippen LogP contribution in [0.15, 0.2) is 83.2 Å². The molecule has 0 amide bonds. The van der Waals surface area contributed by atoms with Gasteiger partial charge in [0.05, 0.1) is 5.76 Å². The van der Waals surface area contributed by atoms with Crippen molar-refractivity contribution in [3.8, 4) is 33.7 Å². The number of aliphatic hydroxyl groups excluding tert-OH is 1. The Morgan fingerprint density at radius 3 is 2.10 bits per heavy atom. The van der Waals surface area contributed by atoms with Crippen molar-refractivity contribution in [3.05, 3.63) is 107 Å². The van der Waals surface area contributed by atoms with E-state index in [9.17, 15) is 4.79 Å². The zero-order chi connectivity index (χ0) is 27.4. The summed E-state index contributed by atoms with van der Waals surface area (Å²) in [6.45, 7) is 11.3. The van der Waals surface area contributed by atoms with Crippen LogP contribution in [0.5, 0.6) is 0 Å². The summed E-state index contributed by atoms with van der Waals surface area (Å²) in [5.41, 5.74) is 11.5. The number of rotatable bonds is 4. The molecule has 1 N–H and O–H groups in total. The number of nitrogens with zero attached hydrogens (tertiary/aromatic N) is 2. The van der Waals surface area contributed by atoms with Crippen LogP contribution in [0.1, 0.15) is 36.1 Å². The van der Waals surface area contributed by atoms with E-state index in [2.05, 4.69) is 91.4 Å². The van der Waals surface area contributed by atoms with Crippen LogP contribution in [0.3, 0.4) is 0 Å². The standard InChI is InChI=1S/C28H23N2O.C5H8O2.Ir/c1-17-12-18(2)14-23(13-17)27-28-24(29-16-30-27)15-25(31-28)21-8-10-22(11-9-21)26-19(3)6-5-7-20(26)4;1-4(6)3-5(2)7;/h5-13,15-16H,1-4H3;3,6H,1-2H3;/q-1;;/b;4-3-;. The number of hydrogen-bond donors (Lipinski definition) is 1. The average molecular weight is 696 g/mol. The molecule has 0 bridgehead atoms. The van der Waals surface area contributed by atoms with Gasteiger partial charge in [-0.1, -0.05) is 56.3 Å². The quantitative estimate of drug-likeness (QED) is 0.116. The van der Waals surface area contributed by atoms with E-state index in [-0.39, 0.29) is 31.6 Å². The molecule has 0 spiro atoms. The van der Waals surface area contributed by atoms with E-state index in [1.165, 1.54) is 47.7 Å². The number of fused-ring (bicyclic) bond motifs is 1. The summed E-state index contributed by atoms with van der Waals surface area (Å²) in [6, 6.07) is 24.5. The van der Waals surface area contributed by atoms with E-state index in [4.69, 9.17) is 9.52 Å². The van der Waals surface area contributed by atoms with Crippen LogP contribution in [0.4, 0.5) is 0 Å². The predicted molar refractivity (Wildman–Crippen MR) is 153 cm³/mol.